The van der Waals surface area contributed by atoms with Crippen molar-refractivity contribution in [2.75, 3.05) is 11.1 Å². The van der Waals surface area contributed by atoms with Crippen molar-refractivity contribution in [3.05, 3.63) is 35.0 Å². The Balaban J connectivity index is 1.71. The van der Waals surface area contributed by atoms with Crippen LogP contribution in [0.5, 0.6) is 5.75 Å². The molecule has 0 radical (unpaired) electrons. The SMILES string of the molecule is CCCCSc1nnc(NC(=O)c2cc(-c3c(C)cc(C)cc3O)n[nH]2)s1. The first kappa shape index (κ1) is 19.4. The molecule has 0 unspecified atom stereocenters. The molecule has 27 heavy (non-hydrogen) atoms. The molecule has 0 spiro atoms. The van der Waals surface area contributed by atoms with Crippen LogP contribution in [0.15, 0.2) is 22.5 Å². The highest BCUT2D eigenvalue weighted by Gasteiger charge is 2.17. The van der Waals surface area contributed by atoms with Crippen LogP contribution in [0.25, 0.3) is 11.3 Å². The van der Waals surface area contributed by atoms with Crippen LogP contribution in [0, 0.1) is 13.8 Å². The molecule has 2 heterocycles. The van der Waals surface area contributed by atoms with Crippen LogP contribution in [-0.2, 0) is 0 Å². The Morgan fingerprint density at radius 3 is 2.85 bits per heavy atom. The van der Waals surface area contributed by atoms with Crippen molar-refractivity contribution in [1.82, 2.24) is 20.4 Å². The second-order valence-corrected chi connectivity index (χ2v) is 8.49. The third kappa shape index (κ3) is 4.67. The Morgan fingerprint density at radius 1 is 1.30 bits per heavy atom. The largest absolute Gasteiger partial charge is 0.507 e. The summed E-state index contributed by atoms with van der Waals surface area (Å²) >= 11 is 2.99. The third-order valence-corrected chi connectivity index (χ3v) is 5.95. The highest BCUT2D eigenvalue weighted by atomic mass is 32.2. The fraction of sp³-hybridized carbons (Fsp3) is 0.333. The fourth-order valence-corrected chi connectivity index (χ4v) is 4.53. The minimum Gasteiger partial charge on any atom is -0.507 e. The first-order valence-electron chi connectivity index (χ1n) is 8.61. The van der Waals surface area contributed by atoms with E-state index in [0.29, 0.717) is 22.1 Å². The number of rotatable bonds is 7. The monoisotopic (exact) mass is 403 g/mol. The van der Waals surface area contributed by atoms with Crippen LogP contribution in [0.4, 0.5) is 5.13 Å². The Morgan fingerprint density at radius 2 is 2.11 bits per heavy atom. The van der Waals surface area contributed by atoms with Gasteiger partial charge in [0, 0.05) is 11.3 Å². The third-order valence-electron chi connectivity index (χ3n) is 3.89. The lowest BCUT2D eigenvalue weighted by molar-refractivity contribution is 0.102. The smallest absolute Gasteiger partial charge is 0.275 e. The maximum absolute atomic E-state index is 12.4. The first-order chi connectivity index (χ1) is 13.0. The van der Waals surface area contributed by atoms with Gasteiger partial charge in [0.1, 0.15) is 11.4 Å². The van der Waals surface area contributed by atoms with Gasteiger partial charge in [-0.3, -0.25) is 15.2 Å². The maximum atomic E-state index is 12.4. The molecule has 0 saturated heterocycles. The number of hydrogen-bond donors (Lipinski definition) is 3. The second kappa shape index (κ2) is 8.53. The molecule has 0 bridgehead atoms. The van der Waals surface area contributed by atoms with E-state index in [1.54, 1.807) is 23.9 Å². The van der Waals surface area contributed by atoms with E-state index in [1.165, 1.54) is 11.3 Å². The molecule has 9 heteroatoms. The first-order valence-corrected chi connectivity index (χ1v) is 10.4. The molecule has 7 nitrogen and oxygen atoms in total. The summed E-state index contributed by atoms with van der Waals surface area (Å²) in [6.07, 6.45) is 2.25. The molecular weight excluding hydrogens is 382 g/mol. The maximum Gasteiger partial charge on any atom is 0.275 e. The van der Waals surface area contributed by atoms with Crippen molar-refractivity contribution in [3.63, 3.8) is 0 Å². The number of hydrogen-bond acceptors (Lipinski definition) is 7. The van der Waals surface area contributed by atoms with E-state index in [2.05, 4.69) is 32.6 Å². The summed E-state index contributed by atoms with van der Waals surface area (Å²) in [5, 5.41) is 28.4. The van der Waals surface area contributed by atoms with Crippen molar-refractivity contribution < 1.29 is 9.90 Å². The van der Waals surface area contributed by atoms with Crippen molar-refractivity contribution in [2.24, 2.45) is 0 Å². The Labute approximate surface area is 165 Å². The summed E-state index contributed by atoms with van der Waals surface area (Å²) in [6, 6.07) is 5.25. The Hall–Kier alpha value is -2.39. The van der Waals surface area contributed by atoms with E-state index in [1.807, 2.05) is 19.9 Å². The molecule has 0 fully saturated rings. The van der Waals surface area contributed by atoms with Gasteiger partial charge >= 0.3 is 0 Å². The number of aromatic amines is 1. The summed E-state index contributed by atoms with van der Waals surface area (Å²) in [5.74, 6) is 0.783. The minimum atomic E-state index is -0.348. The van der Waals surface area contributed by atoms with E-state index in [4.69, 9.17) is 0 Å². The number of nitrogens with zero attached hydrogens (tertiary/aromatic N) is 3. The predicted octanol–water partition coefficient (Wildman–Crippen LogP) is 4.40. The zero-order valence-electron chi connectivity index (χ0n) is 15.4. The number of anilines is 1. The van der Waals surface area contributed by atoms with Crippen molar-refractivity contribution in [3.8, 4) is 17.0 Å². The van der Waals surface area contributed by atoms with E-state index < -0.39 is 0 Å². The van der Waals surface area contributed by atoms with Crippen LogP contribution in [0.2, 0.25) is 0 Å². The number of aromatic hydroxyl groups is 1. The zero-order chi connectivity index (χ0) is 19.4. The lowest BCUT2D eigenvalue weighted by Crippen LogP contribution is -2.12. The summed E-state index contributed by atoms with van der Waals surface area (Å²) < 4.78 is 0.837. The second-order valence-electron chi connectivity index (χ2n) is 6.17. The van der Waals surface area contributed by atoms with Gasteiger partial charge in [0.15, 0.2) is 4.34 Å². The number of H-pyrrole nitrogens is 1. The molecule has 0 saturated carbocycles. The van der Waals surface area contributed by atoms with Crippen molar-refractivity contribution >= 4 is 34.1 Å². The minimum absolute atomic E-state index is 0.142. The topological polar surface area (TPSA) is 104 Å². The number of nitrogens with one attached hydrogen (secondary N) is 2. The van der Waals surface area contributed by atoms with E-state index in [9.17, 15) is 9.90 Å². The van der Waals surface area contributed by atoms with E-state index in [-0.39, 0.29) is 11.7 Å². The highest BCUT2D eigenvalue weighted by Crippen LogP contribution is 2.33. The average molecular weight is 404 g/mol. The van der Waals surface area contributed by atoms with Crippen molar-refractivity contribution in [1.29, 1.82) is 0 Å². The molecule has 3 N–H and O–H groups in total. The summed E-state index contributed by atoms with van der Waals surface area (Å²) in [4.78, 5) is 12.4. The van der Waals surface area contributed by atoms with Gasteiger partial charge in [-0.15, -0.1) is 10.2 Å². The van der Waals surface area contributed by atoms with Gasteiger partial charge in [0.2, 0.25) is 5.13 Å². The number of carbonyl (C=O) groups is 1. The van der Waals surface area contributed by atoms with Crippen molar-refractivity contribution in [2.45, 2.75) is 38.0 Å². The fourth-order valence-electron chi connectivity index (χ4n) is 2.63. The van der Waals surface area contributed by atoms with Crippen LogP contribution in [0.1, 0.15) is 41.4 Å². The van der Waals surface area contributed by atoms with Crippen LogP contribution in [-0.4, -0.2) is 37.2 Å². The van der Waals surface area contributed by atoms with Gasteiger partial charge in [-0.05, 0) is 43.5 Å². The average Bonchev–Trinajstić information content (AvgIpc) is 3.24. The zero-order valence-corrected chi connectivity index (χ0v) is 17.0. The standard InChI is InChI=1S/C18H21N5O2S2/c1-4-5-6-26-18-23-22-17(27-18)19-16(25)13-9-12(20-21-13)15-11(3)7-10(2)8-14(15)24/h7-9,24H,4-6H2,1-3H3,(H,20,21)(H,19,22,25). The van der Waals surface area contributed by atoms with E-state index >= 15 is 0 Å². The van der Waals surface area contributed by atoms with E-state index in [0.717, 1.165) is 34.1 Å². The quantitative estimate of drug-likeness (QED) is 0.307. The molecule has 1 aromatic carbocycles. The van der Waals surface area contributed by atoms with Crippen LogP contribution < -0.4 is 5.32 Å². The molecule has 142 valence electrons. The molecular formula is C18H21N5O2S2. The number of aromatic nitrogens is 4. The number of thioether (sulfide) groups is 1. The van der Waals surface area contributed by atoms with Crippen LogP contribution in [0.3, 0.4) is 0 Å². The van der Waals surface area contributed by atoms with Gasteiger partial charge in [-0.25, -0.2) is 0 Å². The number of amides is 1. The molecule has 0 aliphatic heterocycles. The predicted molar refractivity (Wildman–Crippen MR) is 109 cm³/mol. The molecule has 3 rings (SSSR count). The molecule has 0 atom stereocenters. The van der Waals surface area contributed by atoms with Gasteiger partial charge in [-0.2, -0.15) is 5.10 Å². The number of aryl methyl sites for hydroxylation is 2. The lowest BCUT2D eigenvalue weighted by atomic mass is 10.0. The number of carbonyl (C=O) groups excluding carboxylic acids is 1. The highest BCUT2D eigenvalue weighted by molar-refractivity contribution is 8.01. The molecule has 1 amide bonds. The van der Waals surface area contributed by atoms with Gasteiger partial charge in [0.25, 0.3) is 5.91 Å². The van der Waals surface area contributed by atoms with Gasteiger partial charge < -0.3 is 5.11 Å². The lowest BCUT2D eigenvalue weighted by Gasteiger charge is -2.06. The number of benzene rings is 1. The Bertz CT molecular complexity index is 928. The van der Waals surface area contributed by atoms with Gasteiger partial charge in [0.05, 0.1) is 5.69 Å². The summed E-state index contributed by atoms with van der Waals surface area (Å²) in [6.45, 7) is 5.95. The molecule has 0 aliphatic carbocycles. The molecule has 2 aromatic heterocycles. The molecule has 0 aliphatic rings. The number of unbranched alkanes of at least 4 members (excludes halogenated alkanes) is 1. The van der Waals surface area contributed by atoms with Gasteiger partial charge in [-0.1, -0.05) is 42.5 Å². The molecule has 3 aromatic rings. The summed E-state index contributed by atoms with van der Waals surface area (Å²) in [7, 11) is 0. The van der Waals surface area contributed by atoms with Crippen LogP contribution >= 0.6 is 23.1 Å². The number of phenols is 1. The Kier molecular flexibility index (Phi) is 6.12. The normalized spacial score (nSPS) is 10.9. The number of phenolic OH excluding ortho intramolecular Hbond substituents is 1. The summed E-state index contributed by atoms with van der Waals surface area (Å²) in [5.41, 5.74) is 3.28.